The standard InChI is InChI=1S/C14H19FN4O2/c15-11-7-16-14(17-8-11)19-4-1-10(9-19)13(20)18-12-2-5-21-6-3-12/h7-8,10,12H,1-6,9H2,(H,18,20). The second-order valence-electron chi connectivity index (χ2n) is 5.53. The number of carbonyl (C=O) groups excluding carboxylic acids is 1. The van der Waals surface area contributed by atoms with Crippen molar-refractivity contribution in [2.45, 2.75) is 25.3 Å². The van der Waals surface area contributed by atoms with Crippen LogP contribution in [-0.4, -0.2) is 48.2 Å². The minimum absolute atomic E-state index is 0.0542. The molecule has 0 aromatic carbocycles. The lowest BCUT2D eigenvalue weighted by atomic mass is 10.1. The molecular formula is C14H19FN4O2. The van der Waals surface area contributed by atoms with E-state index < -0.39 is 5.82 Å². The summed E-state index contributed by atoms with van der Waals surface area (Å²) in [5.41, 5.74) is 0. The van der Waals surface area contributed by atoms with E-state index in [0.29, 0.717) is 25.7 Å². The molecule has 1 atom stereocenters. The molecule has 0 radical (unpaired) electrons. The van der Waals surface area contributed by atoms with Crippen LogP contribution in [-0.2, 0) is 9.53 Å². The van der Waals surface area contributed by atoms with Gasteiger partial charge in [-0.05, 0) is 19.3 Å². The Morgan fingerprint density at radius 1 is 1.29 bits per heavy atom. The van der Waals surface area contributed by atoms with Crippen molar-refractivity contribution in [2.75, 3.05) is 31.2 Å². The first-order valence-corrected chi connectivity index (χ1v) is 7.33. The predicted molar refractivity (Wildman–Crippen MR) is 74.3 cm³/mol. The minimum atomic E-state index is -0.452. The van der Waals surface area contributed by atoms with Gasteiger partial charge in [0.1, 0.15) is 0 Å². The average molecular weight is 294 g/mol. The van der Waals surface area contributed by atoms with Gasteiger partial charge in [-0.3, -0.25) is 4.79 Å². The number of hydrogen-bond acceptors (Lipinski definition) is 5. The fourth-order valence-corrected chi connectivity index (χ4v) is 2.79. The molecule has 2 aliphatic rings. The number of ether oxygens (including phenoxy) is 1. The van der Waals surface area contributed by atoms with Crippen molar-refractivity contribution in [3.8, 4) is 0 Å². The second-order valence-corrected chi connectivity index (χ2v) is 5.53. The molecule has 2 aliphatic heterocycles. The molecular weight excluding hydrogens is 275 g/mol. The van der Waals surface area contributed by atoms with Gasteiger partial charge in [0.2, 0.25) is 11.9 Å². The van der Waals surface area contributed by atoms with E-state index in [1.807, 2.05) is 4.90 Å². The smallest absolute Gasteiger partial charge is 0.225 e. The lowest BCUT2D eigenvalue weighted by Gasteiger charge is -2.24. The highest BCUT2D eigenvalue weighted by Gasteiger charge is 2.31. The number of hydrogen-bond donors (Lipinski definition) is 1. The number of rotatable bonds is 3. The summed E-state index contributed by atoms with van der Waals surface area (Å²) < 4.78 is 18.1. The zero-order valence-corrected chi connectivity index (χ0v) is 11.8. The fraction of sp³-hybridized carbons (Fsp3) is 0.643. The molecule has 1 aromatic rings. The molecule has 21 heavy (non-hydrogen) atoms. The normalized spacial score (nSPS) is 23.3. The van der Waals surface area contributed by atoms with E-state index in [1.165, 1.54) is 0 Å². The van der Waals surface area contributed by atoms with Crippen molar-refractivity contribution in [3.63, 3.8) is 0 Å². The number of halogens is 1. The molecule has 2 fully saturated rings. The summed E-state index contributed by atoms with van der Waals surface area (Å²) in [6.45, 7) is 2.73. The van der Waals surface area contributed by atoms with E-state index >= 15 is 0 Å². The lowest BCUT2D eigenvalue weighted by Crippen LogP contribution is -2.42. The Hall–Kier alpha value is -1.76. The van der Waals surface area contributed by atoms with Crippen LogP contribution < -0.4 is 10.2 Å². The molecule has 0 spiro atoms. The summed E-state index contributed by atoms with van der Waals surface area (Å²) in [5, 5.41) is 3.10. The molecule has 0 aliphatic carbocycles. The highest BCUT2D eigenvalue weighted by molar-refractivity contribution is 5.80. The molecule has 114 valence electrons. The maximum Gasteiger partial charge on any atom is 0.225 e. The number of nitrogens with one attached hydrogen (secondary N) is 1. The second kappa shape index (κ2) is 6.34. The number of anilines is 1. The number of aromatic nitrogens is 2. The third kappa shape index (κ3) is 3.47. The third-order valence-electron chi connectivity index (χ3n) is 4.02. The first-order valence-electron chi connectivity index (χ1n) is 7.33. The summed E-state index contributed by atoms with van der Waals surface area (Å²) in [6.07, 6.45) is 4.83. The lowest BCUT2D eigenvalue weighted by molar-refractivity contribution is -0.125. The van der Waals surface area contributed by atoms with E-state index in [2.05, 4.69) is 15.3 Å². The number of nitrogens with zero attached hydrogens (tertiary/aromatic N) is 3. The van der Waals surface area contributed by atoms with Gasteiger partial charge in [-0.25, -0.2) is 14.4 Å². The van der Waals surface area contributed by atoms with E-state index in [9.17, 15) is 9.18 Å². The van der Waals surface area contributed by atoms with Crippen molar-refractivity contribution >= 4 is 11.9 Å². The van der Waals surface area contributed by atoms with Crippen molar-refractivity contribution in [2.24, 2.45) is 5.92 Å². The Morgan fingerprint density at radius 3 is 2.71 bits per heavy atom. The van der Waals surface area contributed by atoms with Gasteiger partial charge < -0.3 is 15.0 Å². The average Bonchev–Trinajstić information content (AvgIpc) is 2.99. The van der Waals surface area contributed by atoms with Crippen molar-refractivity contribution in [1.29, 1.82) is 0 Å². The summed E-state index contributed by atoms with van der Waals surface area (Å²) in [4.78, 5) is 22.1. The molecule has 1 amide bonds. The van der Waals surface area contributed by atoms with Crippen LogP contribution in [0.25, 0.3) is 0 Å². The van der Waals surface area contributed by atoms with Crippen molar-refractivity contribution in [3.05, 3.63) is 18.2 Å². The Morgan fingerprint density at radius 2 is 2.00 bits per heavy atom. The minimum Gasteiger partial charge on any atom is -0.381 e. The van der Waals surface area contributed by atoms with Crippen molar-refractivity contribution < 1.29 is 13.9 Å². The number of amides is 1. The monoisotopic (exact) mass is 294 g/mol. The Bertz CT molecular complexity index is 490. The topological polar surface area (TPSA) is 67.3 Å². The molecule has 3 rings (SSSR count). The SMILES string of the molecule is O=C(NC1CCOCC1)C1CCN(c2ncc(F)cn2)C1. The molecule has 1 N–H and O–H groups in total. The van der Waals surface area contributed by atoms with E-state index in [4.69, 9.17) is 4.74 Å². The molecule has 2 saturated heterocycles. The first-order chi connectivity index (χ1) is 10.2. The van der Waals surface area contributed by atoms with E-state index in [0.717, 1.165) is 38.2 Å². The van der Waals surface area contributed by atoms with Crippen LogP contribution in [0, 0.1) is 11.7 Å². The molecule has 1 unspecified atom stereocenters. The molecule has 1 aromatic heterocycles. The summed E-state index contributed by atoms with van der Waals surface area (Å²) in [7, 11) is 0. The third-order valence-corrected chi connectivity index (χ3v) is 4.02. The zero-order valence-electron chi connectivity index (χ0n) is 11.8. The van der Waals surface area contributed by atoms with Crippen LogP contribution >= 0.6 is 0 Å². The van der Waals surface area contributed by atoms with Crippen LogP contribution in [0.4, 0.5) is 10.3 Å². The summed E-state index contributed by atoms with van der Waals surface area (Å²) in [5.74, 6) is 0.0672. The quantitative estimate of drug-likeness (QED) is 0.890. The maximum absolute atomic E-state index is 12.8. The van der Waals surface area contributed by atoms with E-state index in [-0.39, 0.29) is 17.9 Å². The van der Waals surface area contributed by atoms with Gasteiger partial charge in [0.15, 0.2) is 5.82 Å². The predicted octanol–water partition coefficient (Wildman–Crippen LogP) is 0.737. The molecule has 0 bridgehead atoms. The van der Waals surface area contributed by atoms with Gasteiger partial charge in [0, 0.05) is 32.3 Å². The molecule has 6 nitrogen and oxygen atoms in total. The van der Waals surface area contributed by atoms with Gasteiger partial charge in [-0.2, -0.15) is 0 Å². The zero-order chi connectivity index (χ0) is 14.7. The van der Waals surface area contributed by atoms with Crippen LogP contribution in [0.1, 0.15) is 19.3 Å². The summed E-state index contributed by atoms with van der Waals surface area (Å²) >= 11 is 0. The maximum atomic E-state index is 12.8. The fourth-order valence-electron chi connectivity index (χ4n) is 2.79. The van der Waals surface area contributed by atoms with Crippen LogP contribution in [0.2, 0.25) is 0 Å². The largest absolute Gasteiger partial charge is 0.381 e. The highest BCUT2D eigenvalue weighted by Crippen LogP contribution is 2.21. The van der Waals surface area contributed by atoms with Crippen LogP contribution in [0.15, 0.2) is 12.4 Å². The van der Waals surface area contributed by atoms with Gasteiger partial charge in [-0.1, -0.05) is 0 Å². The molecule has 0 saturated carbocycles. The molecule has 3 heterocycles. The van der Waals surface area contributed by atoms with Crippen LogP contribution in [0.5, 0.6) is 0 Å². The highest BCUT2D eigenvalue weighted by atomic mass is 19.1. The Labute approximate surface area is 122 Å². The van der Waals surface area contributed by atoms with Gasteiger partial charge >= 0.3 is 0 Å². The first kappa shape index (κ1) is 14.2. The van der Waals surface area contributed by atoms with Gasteiger partial charge in [0.05, 0.1) is 18.3 Å². The Balaban J connectivity index is 1.53. The van der Waals surface area contributed by atoms with Crippen molar-refractivity contribution in [1.82, 2.24) is 15.3 Å². The van der Waals surface area contributed by atoms with E-state index in [1.54, 1.807) is 0 Å². The number of carbonyl (C=O) groups is 1. The van der Waals surface area contributed by atoms with Gasteiger partial charge in [-0.15, -0.1) is 0 Å². The Kier molecular flexibility index (Phi) is 4.28. The van der Waals surface area contributed by atoms with Crippen LogP contribution in [0.3, 0.4) is 0 Å². The van der Waals surface area contributed by atoms with Gasteiger partial charge in [0.25, 0.3) is 0 Å². The summed E-state index contributed by atoms with van der Waals surface area (Å²) in [6, 6.07) is 0.224. The molecule has 7 heteroatoms.